The molecule has 0 fully saturated rings. The molecule has 0 aromatic carbocycles. The molecule has 4 heteroatoms. The molecule has 0 aliphatic carbocycles. The first-order chi connectivity index (χ1) is 8.11. The van der Waals surface area contributed by atoms with Crippen LogP contribution >= 0.6 is 0 Å². The van der Waals surface area contributed by atoms with E-state index in [-0.39, 0.29) is 5.54 Å². The maximum atomic E-state index is 4.33. The first kappa shape index (κ1) is 15.2. The van der Waals surface area contributed by atoms with E-state index in [1.807, 2.05) is 4.68 Å². The van der Waals surface area contributed by atoms with Gasteiger partial charge in [-0.3, -0.25) is 0 Å². The summed E-state index contributed by atoms with van der Waals surface area (Å²) in [5, 5.41) is 7.85. The largest absolute Gasteiger partial charge is 0.305 e. The van der Waals surface area contributed by atoms with Crippen molar-refractivity contribution in [3.05, 3.63) is 12.2 Å². The van der Waals surface area contributed by atoms with E-state index < -0.39 is 0 Å². The molecule has 1 N–H and O–H groups in total. The van der Waals surface area contributed by atoms with Crippen molar-refractivity contribution in [2.24, 2.45) is 5.41 Å². The van der Waals surface area contributed by atoms with Gasteiger partial charge in [0.2, 0.25) is 0 Å². The first-order valence-electron chi connectivity index (χ1n) is 6.74. The maximum absolute atomic E-state index is 4.33. The molecule has 0 radical (unpaired) electrons. The van der Waals surface area contributed by atoms with Crippen LogP contribution in [0.1, 0.15) is 66.8 Å². The summed E-state index contributed by atoms with van der Waals surface area (Å²) in [6, 6.07) is 0.357. The Bertz CT molecular complexity index is 371. The molecule has 1 heterocycles. The predicted octanol–water partition coefficient (Wildman–Crippen LogP) is 3.16. The van der Waals surface area contributed by atoms with Crippen LogP contribution in [0.2, 0.25) is 0 Å². The molecule has 104 valence electrons. The van der Waals surface area contributed by atoms with Gasteiger partial charge in [-0.25, -0.2) is 9.67 Å². The highest BCUT2D eigenvalue weighted by atomic mass is 15.4. The minimum Gasteiger partial charge on any atom is -0.305 e. The standard InChI is InChI=1S/C14H28N4/c1-11(2)18-12(15-10-17-18)8-16-14(6,7)9-13(3,4)5/h10-11,16H,8-9H2,1-7H3. The Kier molecular flexibility index (Phi) is 4.54. The minimum atomic E-state index is 0.103. The van der Waals surface area contributed by atoms with Gasteiger partial charge in [0.25, 0.3) is 0 Å². The van der Waals surface area contributed by atoms with Crippen molar-refractivity contribution in [3.63, 3.8) is 0 Å². The summed E-state index contributed by atoms with van der Waals surface area (Å²) in [5.74, 6) is 1.01. The summed E-state index contributed by atoms with van der Waals surface area (Å²) >= 11 is 0. The van der Waals surface area contributed by atoms with E-state index in [1.165, 1.54) is 0 Å². The third-order valence-electron chi connectivity index (χ3n) is 2.83. The Morgan fingerprint density at radius 2 is 1.83 bits per heavy atom. The average Bonchev–Trinajstić information content (AvgIpc) is 2.58. The van der Waals surface area contributed by atoms with E-state index in [4.69, 9.17) is 0 Å². The van der Waals surface area contributed by atoms with E-state index >= 15 is 0 Å². The zero-order chi connectivity index (χ0) is 14.0. The smallest absolute Gasteiger partial charge is 0.141 e. The molecule has 0 saturated heterocycles. The number of nitrogens with one attached hydrogen (secondary N) is 1. The molecule has 0 spiro atoms. The molecule has 0 amide bonds. The Hall–Kier alpha value is -0.900. The van der Waals surface area contributed by atoms with Gasteiger partial charge in [0.05, 0.1) is 6.54 Å². The predicted molar refractivity (Wildman–Crippen MR) is 75.4 cm³/mol. The summed E-state index contributed by atoms with van der Waals surface area (Å²) < 4.78 is 1.97. The summed E-state index contributed by atoms with van der Waals surface area (Å²) in [7, 11) is 0. The highest BCUT2D eigenvalue weighted by Gasteiger charge is 2.25. The quantitative estimate of drug-likeness (QED) is 0.875. The van der Waals surface area contributed by atoms with Crippen molar-refractivity contribution >= 4 is 0 Å². The topological polar surface area (TPSA) is 42.7 Å². The van der Waals surface area contributed by atoms with Crippen LogP contribution in [-0.2, 0) is 6.54 Å². The first-order valence-corrected chi connectivity index (χ1v) is 6.74. The number of hydrogen-bond donors (Lipinski definition) is 1. The molecule has 1 aromatic rings. The van der Waals surface area contributed by atoms with Gasteiger partial charge in [-0.15, -0.1) is 0 Å². The SMILES string of the molecule is CC(C)n1ncnc1CNC(C)(C)CC(C)(C)C. The highest BCUT2D eigenvalue weighted by molar-refractivity contribution is 4.90. The average molecular weight is 252 g/mol. The lowest BCUT2D eigenvalue weighted by atomic mass is 9.82. The van der Waals surface area contributed by atoms with Gasteiger partial charge >= 0.3 is 0 Å². The molecule has 0 saturated carbocycles. The van der Waals surface area contributed by atoms with E-state index in [1.54, 1.807) is 6.33 Å². The molecule has 0 atom stereocenters. The van der Waals surface area contributed by atoms with E-state index in [0.29, 0.717) is 11.5 Å². The molecule has 0 aliphatic heterocycles. The lowest BCUT2D eigenvalue weighted by Crippen LogP contribution is -2.42. The fraction of sp³-hybridized carbons (Fsp3) is 0.857. The van der Waals surface area contributed by atoms with Gasteiger partial charge in [0, 0.05) is 11.6 Å². The van der Waals surface area contributed by atoms with Crippen molar-refractivity contribution in [2.75, 3.05) is 0 Å². The molecule has 0 bridgehead atoms. The summed E-state index contributed by atoms with van der Waals surface area (Å²) in [6.07, 6.45) is 2.75. The molecule has 1 rings (SSSR count). The van der Waals surface area contributed by atoms with Crippen LogP contribution in [0.3, 0.4) is 0 Å². The van der Waals surface area contributed by atoms with Crippen molar-refractivity contribution in [1.82, 2.24) is 20.1 Å². The van der Waals surface area contributed by atoms with Crippen LogP contribution in [0.15, 0.2) is 6.33 Å². The third kappa shape index (κ3) is 4.77. The fourth-order valence-electron chi connectivity index (χ4n) is 2.54. The van der Waals surface area contributed by atoms with Crippen LogP contribution in [0, 0.1) is 5.41 Å². The molecular weight excluding hydrogens is 224 g/mol. The van der Waals surface area contributed by atoms with E-state index in [2.05, 4.69) is 63.9 Å². The van der Waals surface area contributed by atoms with Gasteiger partial charge in [0.15, 0.2) is 0 Å². The van der Waals surface area contributed by atoms with Gasteiger partial charge in [-0.05, 0) is 39.5 Å². The van der Waals surface area contributed by atoms with Crippen molar-refractivity contribution in [1.29, 1.82) is 0 Å². The molecule has 18 heavy (non-hydrogen) atoms. The van der Waals surface area contributed by atoms with Crippen LogP contribution in [0.4, 0.5) is 0 Å². The number of rotatable bonds is 5. The number of aromatic nitrogens is 3. The van der Waals surface area contributed by atoms with Crippen LogP contribution < -0.4 is 5.32 Å². The number of hydrogen-bond acceptors (Lipinski definition) is 3. The lowest BCUT2D eigenvalue weighted by Gasteiger charge is -2.33. The summed E-state index contributed by atoms with van der Waals surface area (Å²) in [4.78, 5) is 4.33. The maximum Gasteiger partial charge on any atom is 0.141 e. The van der Waals surface area contributed by atoms with Gasteiger partial charge < -0.3 is 5.32 Å². The fourth-order valence-corrected chi connectivity index (χ4v) is 2.54. The Morgan fingerprint density at radius 1 is 1.22 bits per heavy atom. The van der Waals surface area contributed by atoms with Crippen LogP contribution in [0.5, 0.6) is 0 Å². The monoisotopic (exact) mass is 252 g/mol. The molecular formula is C14H28N4. The van der Waals surface area contributed by atoms with Crippen molar-refractivity contribution in [2.45, 2.75) is 73.0 Å². The van der Waals surface area contributed by atoms with Crippen molar-refractivity contribution in [3.8, 4) is 0 Å². The van der Waals surface area contributed by atoms with E-state index in [9.17, 15) is 0 Å². The number of nitrogens with zero attached hydrogens (tertiary/aromatic N) is 3. The van der Waals surface area contributed by atoms with E-state index in [0.717, 1.165) is 18.8 Å². The summed E-state index contributed by atoms with van der Waals surface area (Å²) in [5.41, 5.74) is 0.425. The zero-order valence-corrected chi connectivity index (χ0v) is 12.9. The zero-order valence-electron chi connectivity index (χ0n) is 12.9. The lowest BCUT2D eigenvalue weighted by molar-refractivity contribution is 0.237. The second-order valence-electron chi connectivity index (χ2n) is 7.19. The van der Waals surface area contributed by atoms with Crippen LogP contribution in [-0.4, -0.2) is 20.3 Å². The van der Waals surface area contributed by atoms with Gasteiger partial charge in [-0.2, -0.15) is 5.10 Å². The van der Waals surface area contributed by atoms with Gasteiger partial charge in [-0.1, -0.05) is 20.8 Å². The molecule has 0 unspecified atom stereocenters. The summed E-state index contributed by atoms with van der Waals surface area (Å²) in [6.45, 7) is 16.3. The van der Waals surface area contributed by atoms with Crippen LogP contribution in [0.25, 0.3) is 0 Å². The third-order valence-corrected chi connectivity index (χ3v) is 2.83. The Labute approximate surface area is 111 Å². The second-order valence-corrected chi connectivity index (χ2v) is 7.19. The Balaban J connectivity index is 2.61. The second kappa shape index (κ2) is 5.39. The normalized spacial score (nSPS) is 13.3. The Morgan fingerprint density at radius 3 is 2.33 bits per heavy atom. The highest BCUT2D eigenvalue weighted by Crippen LogP contribution is 2.26. The minimum absolute atomic E-state index is 0.103. The molecule has 1 aromatic heterocycles. The van der Waals surface area contributed by atoms with Crippen molar-refractivity contribution < 1.29 is 0 Å². The molecule has 4 nitrogen and oxygen atoms in total. The molecule has 0 aliphatic rings. The van der Waals surface area contributed by atoms with Gasteiger partial charge in [0.1, 0.15) is 12.2 Å².